The average Bonchev–Trinajstić information content (AvgIpc) is 2.85. The normalized spacial score (nSPS) is 26.2. The standard InChI is InChI=1S/C19H24ClN3O3/c1-3-13-8-6-7-11-22(13)16(24)12-23-17(25)19(2,21-18(23)26)14-9-4-5-10-15(14)20/h4-5,9-10,13H,3,6-8,11-12H2,1-2H3,(H,21,26)/t13-,19+/m0/s1. The number of rotatable bonds is 4. The number of nitrogens with zero attached hydrogens (tertiary/aromatic N) is 2. The Morgan fingerprint density at radius 1 is 1.31 bits per heavy atom. The summed E-state index contributed by atoms with van der Waals surface area (Å²) in [5, 5.41) is 3.10. The fourth-order valence-electron chi connectivity index (χ4n) is 3.87. The highest BCUT2D eigenvalue weighted by atomic mass is 35.5. The van der Waals surface area contributed by atoms with Crippen molar-refractivity contribution in [2.24, 2.45) is 0 Å². The third kappa shape index (κ3) is 3.18. The van der Waals surface area contributed by atoms with E-state index < -0.39 is 17.5 Å². The molecule has 140 valence electrons. The summed E-state index contributed by atoms with van der Waals surface area (Å²) in [5.74, 6) is -0.627. The number of carbonyl (C=O) groups excluding carboxylic acids is 3. The molecule has 2 heterocycles. The summed E-state index contributed by atoms with van der Waals surface area (Å²) in [6, 6.07) is 6.54. The molecule has 3 rings (SSSR count). The molecule has 1 aromatic rings. The molecule has 0 radical (unpaired) electrons. The van der Waals surface area contributed by atoms with Gasteiger partial charge in [0.05, 0.1) is 0 Å². The summed E-state index contributed by atoms with van der Waals surface area (Å²) in [6.45, 7) is 4.12. The van der Waals surface area contributed by atoms with E-state index in [0.29, 0.717) is 17.1 Å². The van der Waals surface area contributed by atoms with Crippen LogP contribution in [0.3, 0.4) is 0 Å². The van der Waals surface area contributed by atoms with E-state index in [1.165, 1.54) is 0 Å². The number of carbonyl (C=O) groups is 3. The van der Waals surface area contributed by atoms with E-state index >= 15 is 0 Å². The Kier molecular flexibility index (Phi) is 5.23. The van der Waals surface area contributed by atoms with Crippen LogP contribution in [0.1, 0.15) is 45.1 Å². The van der Waals surface area contributed by atoms with E-state index in [9.17, 15) is 14.4 Å². The summed E-state index contributed by atoms with van der Waals surface area (Å²) < 4.78 is 0. The monoisotopic (exact) mass is 377 g/mol. The predicted octanol–water partition coefficient (Wildman–Crippen LogP) is 2.90. The quantitative estimate of drug-likeness (QED) is 0.820. The summed E-state index contributed by atoms with van der Waals surface area (Å²) in [4.78, 5) is 41.0. The van der Waals surface area contributed by atoms with Crippen LogP contribution in [0.15, 0.2) is 24.3 Å². The number of benzene rings is 1. The van der Waals surface area contributed by atoms with Gasteiger partial charge < -0.3 is 10.2 Å². The van der Waals surface area contributed by atoms with Gasteiger partial charge >= 0.3 is 6.03 Å². The Morgan fingerprint density at radius 3 is 2.73 bits per heavy atom. The maximum Gasteiger partial charge on any atom is 0.325 e. The van der Waals surface area contributed by atoms with E-state index in [1.807, 2.05) is 4.90 Å². The van der Waals surface area contributed by atoms with Gasteiger partial charge in [0, 0.05) is 23.2 Å². The molecule has 2 aliphatic heterocycles. The van der Waals surface area contributed by atoms with Crippen molar-refractivity contribution in [3.05, 3.63) is 34.9 Å². The molecule has 1 aromatic carbocycles. The fourth-order valence-corrected chi connectivity index (χ4v) is 4.19. The van der Waals surface area contributed by atoms with Crippen molar-refractivity contribution >= 4 is 29.4 Å². The maximum atomic E-state index is 13.0. The minimum atomic E-state index is -1.26. The Hall–Kier alpha value is -2.08. The van der Waals surface area contributed by atoms with Crippen molar-refractivity contribution in [1.82, 2.24) is 15.1 Å². The van der Waals surface area contributed by atoms with Crippen molar-refractivity contribution in [1.29, 1.82) is 0 Å². The lowest BCUT2D eigenvalue weighted by molar-refractivity contribution is -0.141. The number of hydrogen-bond acceptors (Lipinski definition) is 3. The summed E-state index contributed by atoms with van der Waals surface area (Å²) in [6.07, 6.45) is 3.92. The lowest BCUT2D eigenvalue weighted by Gasteiger charge is -2.36. The van der Waals surface area contributed by atoms with Gasteiger partial charge in [-0.2, -0.15) is 0 Å². The lowest BCUT2D eigenvalue weighted by atomic mass is 9.92. The SMILES string of the molecule is CC[C@H]1CCCCN1C(=O)CN1C(=O)N[C@](C)(c2ccccc2Cl)C1=O. The van der Waals surface area contributed by atoms with Crippen molar-refractivity contribution < 1.29 is 14.4 Å². The molecule has 6 nitrogen and oxygen atoms in total. The van der Waals surface area contributed by atoms with Gasteiger partial charge in [-0.25, -0.2) is 4.79 Å². The zero-order chi connectivity index (χ0) is 18.9. The topological polar surface area (TPSA) is 69.7 Å². The number of piperidine rings is 1. The molecule has 0 aromatic heterocycles. The van der Waals surface area contributed by atoms with Crippen LogP contribution in [0.4, 0.5) is 4.79 Å². The number of likely N-dealkylation sites (tertiary alicyclic amines) is 1. The highest BCUT2D eigenvalue weighted by molar-refractivity contribution is 6.32. The summed E-state index contributed by atoms with van der Waals surface area (Å²) in [5.41, 5.74) is -0.735. The van der Waals surface area contributed by atoms with Crippen LogP contribution < -0.4 is 5.32 Å². The smallest absolute Gasteiger partial charge is 0.325 e. The van der Waals surface area contributed by atoms with Crippen LogP contribution in [0.2, 0.25) is 5.02 Å². The van der Waals surface area contributed by atoms with E-state index in [0.717, 1.165) is 30.6 Å². The van der Waals surface area contributed by atoms with Gasteiger partial charge in [0.2, 0.25) is 5.91 Å². The molecule has 2 fully saturated rings. The molecule has 0 bridgehead atoms. The molecular formula is C19H24ClN3O3. The highest BCUT2D eigenvalue weighted by Gasteiger charge is 2.50. The maximum absolute atomic E-state index is 13.0. The summed E-state index contributed by atoms with van der Waals surface area (Å²) in [7, 11) is 0. The van der Waals surface area contributed by atoms with Gasteiger partial charge in [-0.05, 0) is 38.7 Å². The van der Waals surface area contributed by atoms with Gasteiger partial charge in [-0.1, -0.05) is 36.7 Å². The Morgan fingerprint density at radius 2 is 2.04 bits per heavy atom. The molecule has 0 aliphatic carbocycles. The second-order valence-electron chi connectivity index (χ2n) is 7.07. The molecule has 2 saturated heterocycles. The number of amides is 4. The molecule has 0 spiro atoms. The second kappa shape index (κ2) is 7.27. The Labute approximate surface area is 158 Å². The van der Waals surface area contributed by atoms with Crippen molar-refractivity contribution in [2.75, 3.05) is 13.1 Å². The third-order valence-corrected chi connectivity index (χ3v) is 5.73. The first-order chi connectivity index (χ1) is 12.4. The average molecular weight is 378 g/mol. The van der Waals surface area contributed by atoms with Crippen LogP contribution in [0.25, 0.3) is 0 Å². The largest absolute Gasteiger partial charge is 0.338 e. The van der Waals surface area contributed by atoms with Crippen LogP contribution >= 0.6 is 11.6 Å². The zero-order valence-electron chi connectivity index (χ0n) is 15.1. The van der Waals surface area contributed by atoms with Gasteiger partial charge in [-0.15, -0.1) is 0 Å². The third-order valence-electron chi connectivity index (χ3n) is 5.40. The van der Waals surface area contributed by atoms with Crippen LogP contribution in [-0.2, 0) is 15.1 Å². The Balaban J connectivity index is 1.79. The molecular weight excluding hydrogens is 354 g/mol. The van der Waals surface area contributed by atoms with Crippen molar-refractivity contribution in [3.63, 3.8) is 0 Å². The van der Waals surface area contributed by atoms with E-state index in [2.05, 4.69) is 12.2 Å². The van der Waals surface area contributed by atoms with E-state index in [1.54, 1.807) is 31.2 Å². The highest BCUT2D eigenvalue weighted by Crippen LogP contribution is 2.33. The summed E-state index contributed by atoms with van der Waals surface area (Å²) >= 11 is 6.22. The van der Waals surface area contributed by atoms with Gasteiger partial charge in [0.25, 0.3) is 5.91 Å². The predicted molar refractivity (Wildman–Crippen MR) is 98.7 cm³/mol. The number of urea groups is 1. The van der Waals surface area contributed by atoms with Gasteiger partial charge in [0.15, 0.2) is 0 Å². The number of hydrogen-bond donors (Lipinski definition) is 1. The number of halogens is 1. The first kappa shape index (κ1) is 18.7. The van der Waals surface area contributed by atoms with Crippen molar-refractivity contribution in [2.45, 2.75) is 51.1 Å². The van der Waals surface area contributed by atoms with Crippen LogP contribution in [0, 0.1) is 0 Å². The van der Waals surface area contributed by atoms with Crippen LogP contribution in [-0.4, -0.2) is 46.8 Å². The zero-order valence-corrected chi connectivity index (χ0v) is 15.9. The fraction of sp³-hybridized carbons (Fsp3) is 0.526. The van der Waals surface area contributed by atoms with Crippen LogP contribution in [0.5, 0.6) is 0 Å². The minimum absolute atomic E-state index is 0.177. The Bertz CT molecular complexity index is 738. The number of imide groups is 1. The molecule has 26 heavy (non-hydrogen) atoms. The van der Waals surface area contributed by atoms with Crippen molar-refractivity contribution in [3.8, 4) is 0 Å². The van der Waals surface area contributed by atoms with E-state index in [4.69, 9.17) is 11.6 Å². The van der Waals surface area contributed by atoms with Gasteiger partial charge in [-0.3, -0.25) is 14.5 Å². The first-order valence-electron chi connectivity index (χ1n) is 9.07. The molecule has 7 heteroatoms. The lowest BCUT2D eigenvalue weighted by Crippen LogP contribution is -2.49. The molecule has 1 N–H and O–H groups in total. The molecule has 4 amide bonds. The molecule has 0 saturated carbocycles. The molecule has 2 atom stereocenters. The molecule has 0 unspecified atom stereocenters. The first-order valence-corrected chi connectivity index (χ1v) is 9.45. The minimum Gasteiger partial charge on any atom is -0.338 e. The second-order valence-corrected chi connectivity index (χ2v) is 7.48. The van der Waals surface area contributed by atoms with E-state index in [-0.39, 0.29) is 18.5 Å². The number of nitrogens with one attached hydrogen (secondary N) is 1. The van der Waals surface area contributed by atoms with Gasteiger partial charge in [0.1, 0.15) is 12.1 Å². The molecule has 2 aliphatic rings.